The van der Waals surface area contributed by atoms with Crippen LogP contribution in [0, 0.1) is 0 Å². The molecule has 0 rings (SSSR count). The van der Waals surface area contributed by atoms with E-state index in [2.05, 4.69) is 18.6 Å². The second-order valence-electron chi connectivity index (χ2n) is 3.74. The Hall–Kier alpha value is -0.610. The molecule has 0 aromatic carbocycles. The van der Waals surface area contributed by atoms with Crippen LogP contribution in [0.1, 0.15) is 39.5 Å². The molecule has 1 unspecified atom stereocenters. The average Bonchev–Trinajstić information content (AvgIpc) is 2.31. The van der Waals surface area contributed by atoms with E-state index in [4.69, 9.17) is 9.47 Å². The van der Waals surface area contributed by atoms with Crippen molar-refractivity contribution in [3.63, 3.8) is 0 Å². The molecule has 4 nitrogen and oxygen atoms in total. The van der Waals surface area contributed by atoms with Crippen molar-refractivity contribution in [3.8, 4) is 0 Å². The fourth-order valence-electron chi connectivity index (χ4n) is 1.10. The first-order valence-electron chi connectivity index (χ1n) is 5.96. The van der Waals surface area contributed by atoms with Crippen LogP contribution in [0.15, 0.2) is 0 Å². The molecule has 0 saturated heterocycles. The first kappa shape index (κ1) is 15.4. The van der Waals surface area contributed by atoms with E-state index in [1.165, 1.54) is 7.11 Å². The van der Waals surface area contributed by atoms with Crippen molar-refractivity contribution < 1.29 is 19.0 Å². The lowest BCUT2D eigenvalue weighted by Crippen LogP contribution is -2.12. The van der Waals surface area contributed by atoms with Crippen molar-refractivity contribution in [1.29, 1.82) is 0 Å². The van der Waals surface area contributed by atoms with E-state index in [0.717, 1.165) is 19.3 Å². The molecular weight excluding hydrogens is 208 g/mol. The monoisotopic (exact) mass is 232 g/mol. The Kier molecular flexibility index (Phi) is 10.5. The summed E-state index contributed by atoms with van der Waals surface area (Å²) in [6.45, 7) is 6.10. The van der Waals surface area contributed by atoms with Crippen molar-refractivity contribution in [1.82, 2.24) is 0 Å². The maximum atomic E-state index is 10.8. The second kappa shape index (κ2) is 10.9. The molecule has 0 aromatic heterocycles. The number of unbranched alkanes of at least 4 members (excludes halogenated alkanes) is 1. The molecule has 0 fully saturated rings. The highest BCUT2D eigenvalue weighted by atomic mass is 16.5. The number of esters is 1. The van der Waals surface area contributed by atoms with Crippen molar-refractivity contribution in [2.75, 3.05) is 26.9 Å². The van der Waals surface area contributed by atoms with Gasteiger partial charge in [0.2, 0.25) is 0 Å². The summed E-state index contributed by atoms with van der Waals surface area (Å²) < 4.78 is 15.4. The lowest BCUT2D eigenvalue weighted by Gasteiger charge is -2.10. The third-order valence-electron chi connectivity index (χ3n) is 2.35. The van der Waals surface area contributed by atoms with Gasteiger partial charge in [0, 0.05) is 13.0 Å². The van der Waals surface area contributed by atoms with Gasteiger partial charge in [-0.15, -0.1) is 0 Å². The van der Waals surface area contributed by atoms with Gasteiger partial charge >= 0.3 is 5.97 Å². The Morgan fingerprint density at radius 2 is 1.94 bits per heavy atom. The van der Waals surface area contributed by atoms with Crippen LogP contribution in [-0.4, -0.2) is 39.0 Å². The lowest BCUT2D eigenvalue weighted by atomic mass is 10.2. The molecule has 0 saturated carbocycles. The molecule has 0 bridgehead atoms. The largest absolute Gasteiger partial charge is 0.469 e. The Bertz CT molecular complexity index is 170. The molecule has 16 heavy (non-hydrogen) atoms. The molecule has 4 heteroatoms. The summed E-state index contributed by atoms with van der Waals surface area (Å²) in [5.41, 5.74) is 0. The number of rotatable bonds is 10. The van der Waals surface area contributed by atoms with Crippen molar-refractivity contribution >= 4 is 5.97 Å². The Balaban J connectivity index is 3.07. The van der Waals surface area contributed by atoms with Crippen molar-refractivity contribution in [2.24, 2.45) is 0 Å². The van der Waals surface area contributed by atoms with Gasteiger partial charge in [-0.3, -0.25) is 4.79 Å². The zero-order chi connectivity index (χ0) is 12.2. The fraction of sp³-hybridized carbons (Fsp3) is 0.917. The van der Waals surface area contributed by atoms with Crippen LogP contribution in [0.5, 0.6) is 0 Å². The average molecular weight is 232 g/mol. The molecule has 0 aliphatic rings. The summed E-state index contributed by atoms with van der Waals surface area (Å²) >= 11 is 0. The Morgan fingerprint density at radius 3 is 2.56 bits per heavy atom. The standard InChI is InChI=1S/C12H24O4/c1-4-11(2)16-10-9-15-8-6-5-7-12(13)14-3/h11H,4-10H2,1-3H3. The van der Waals surface area contributed by atoms with Gasteiger partial charge in [-0.25, -0.2) is 0 Å². The summed E-state index contributed by atoms with van der Waals surface area (Å²) in [5.74, 6) is -0.153. The third kappa shape index (κ3) is 9.93. The number of carbonyl (C=O) groups is 1. The van der Waals surface area contributed by atoms with E-state index in [1.807, 2.05) is 0 Å². The van der Waals surface area contributed by atoms with E-state index in [1.54, 1.807) is 0 Å². The normalized spacial score (nSPS) is 12.4. The lowest BCUT2D eigenvalue weighted by molar-refractivity contribution is -0.140. The van der Waals surface area contributed by atoms with E-state index in [0.29, 0.717) is 32.3 Å². The Labute approximate surface area is 98.3 Å². The first-order valence-corrected chi connectivity index (χ1v) is 5.96. The maximum Gasteiger partial charge on any atom is 0.305 e. The van der Waals surface area contributed by atoms with E-state index < -0.39 is 0 Å². The number of hydrogen-bond acceptors (Lipinski definition) is 4. The molecule has 1 atom stereocenters. The summed E-state index contributed by atoms with van der Waals surface area (Å²) in [6, 6.07) is 0. The van der Waals surface area contributed by atoms with E-state index in [-0.39, 0.29) is 5.97 Å². The highest BCUT2D eigenvalue weighted by Gasteiger charge is 2.00. The number of carbonyl (C=O) groups excluding carboxylic acids is 1. The van der Waals surface area contributed by atoms with E-state index >= 15 is 0 Å². The molecule has 96 valence electrons. The molecule has 0 radical (unpaired) electrons. The van der Waals surface area contributed by atoms with Crippen LogP contribution in [0.2, 0.25) is 0 Å². The summed E-state index contributed by atoms with van der Waals surface area (Å²) in [7, 11) is 1.41. The third-order valence-corrected chi connectivity index (χ3v) is 2.35. The van der Waals surface area contributed by atoms with Crippen LogP contribution in [-0.2, 0) is 19.0 Å². The van der Waals surface area contributed by atoms with Gasteiger partial charge in [0.1, 0.15) is 0 Å². The summed E-state index contributed by atoms with van der Waals surface area (Å²) in [5, 5.41) is 0. The van der Waals surface area contributed by atoms with Gasteiger partial charge in [0.05, 0.1) is 26.4 Å². The van der Waals surface area contributed by atoms with Gasteiger partial charge < -0.3 is 14.2 Å². The van der Waals surface area contributed by atoms with Crippen LogP contribution in [0.25, 0.3) is 0 Å². The number of methoxy groups -OCH3 is 1. The quantitative estimate of drug-likeness (QED) is 0.428. The zero-order valence-electron chi connectivity index (χ0n) is 10.7. The molecule has 0 aromatic rings. The summed E-state index contributed by atoms with van der Waals surface area (Å²) in [6.07, 6.45) is 3.52. The van der Waals surface area contributed by atoms with Gasteiger partial charge in [-0.05, 0) is 26.2 Å². The Morgan fingerprint density at radius 1 is 1.19 bits per heavy atom. The molecule has 0 spiro atoms. The van der Waals surface area contributed by atoms with Crippen LogP contribution < -0.4 is 0 Å². The highest BCUT2D eigenvalue weighted by molar-refractivity contribution is 5.68. The smallest absolute Gasteiger partial charge is 0.305 e. The molecular formula is C12H24O4. The minimum atomic E-state index is -0.153. The maximum absolute atomic E-state index is 10.8. The predicted molar refractivity (Wildman–Crippen MR) is 62.4 cm³/mol. The highest BCUT2D eigenvalue weighted by Crippen LogP contribution is 1.98. The van der Waals surface area contributed by atoms with Gasteiger partial charge in [-0.2, -0.15) is 0 Å². The zero-order valence-corrected chi connectivity index (χ0v) is 10.7. The van der Waals surface area contributed by atoms with Gasteiger partial charge in [-0.1, -0.05) is 6.92 Å². The topological polar surface area (TPSA) is 44.8 Å². The van der Waals surface area contributed by atoms with Crippen molar-refractivity contribution in [2.45, 2.75) is 45.6 Å². The molecule has 0 N–H and O–H groups in total. The summed E-state index contributed by atoms with van der Waals surface area (Å²) in [4.78, 5) is 10.8. The molecule has 0 heterocycles. The van der Waals surface area contributed by atoms with E-state index in [9.17, 15) is 4.79 Å². The molecule has 0 amide bonds. The van der Waals surface area contributed by atoms with Crippen molar-refractivity contribution in [3.05, 3.63) is 0 Å². The SMILES string of the molecule is CCC(C)OCCOCCCCC(=O)OC. The van der Waals surface area contributed by atoms with Crippen LogP contribution >= 0.6 is 0 Å². The predicted octanol–water partition coefficient (Wildman–Crippen LogP) is 2.16. The number of hydrogen-bond donors (Lipinski definition) is 0. The minimum Gasteiger partial charge on any atom is -0.469 e. The van der Waals surface area contributed by atoms with Crippen LogP contribution in [0.3, 0.4) is 0 Å². The fourth-order valence-corrected chi connectivity index (χ4v) is 1.10. The van der Waals surface area contributed by atoms with Gasteiger partial charge in [0.15, 0.2) is 0 Å². The number of ether oxygens (including phenoxy) is 3. The second-order valence-corrected chi connectivity index (χ2v) is 3.74. The first-order chi connectivity index (χ1) is 7.70. The minimum absolute atomic E-state index is 0.153. The molecule has 0 aliphatic heterocycles. The van der Waals surface area contributed by atoms with Gasteiger partial charge in [0.25, 0.3) is 0 Å². The molecule has 0 aliphatic carbocycles. The van der Waals surface area contributed by atoms with Crippen LogP contribution in [0.4, 0.5) is 0 Å².